The van der Waals surface area contributed by atoms with Crippen LogP contribution in [0.4, 0.5) is 0 Å². The Morgan fingerprint density at radius 1 is 1.14 bits per heavy atom. The lowest BCUT2D eigenvalue weighted by molar-refractivity contribution is -0.598. The van der Waals surface area contributed by atoms with Crippen molar-refractivity contribution in [2.24, 2.45) is 0 Å². The molecule has 0 unspecified atom stereocenters. The second-order valence-electron chi connectivity index (χ2n) is 3.14. The van der Waals surface area contributed by atoms with Crippen molar-refractivity contribution in [2.75, 3.05) is 0 Å². The van der Waals surface area contributed by atoms with E-state index >= 15 is 0 Å². The van der Waals surface area contributed by atoms with Crippen molar-refractivity contribution in [1.29, 1.82) is 0 Å². The van der Waals surface area contributed by atoms with E-state index in [-0.39, 0.29) is 21.2 Å². The molecular weight excluding hydrogens is 287 g/mol. The first-order chi connectivity index (χ1) is 6.77. The Labute approximate surface area is 94.0 Å². The van der Waals surface area contributed by atoms with Gasteiger partial charge in [0.2, 0.25) is 3.57 Å². The molecule has 72 valence electrons. The van der Waals surface area contributed by atoms with Gasteiger partial charge in [-0.05, 0) is 26.0 Å². The summed E-state index contributed by atoms with van der Waals surface area (Å²) in [6.45, 7) is 4.17. The molecule has 1 heterocycles. The average Bonchev–Trinajstić information content (AvgIpc) is 2.51. The second-order valence-corrected chi connectivity index (χ2v) is 6.00. The molecule has 0 aliphatic carbocycles. The van der Waals surface area contributed by atoms with Gasteiger partial charge in [0.15, 0.2) is 3.57 Å². The predicted molar refractivity (Wildman–Crippen MR) is 51.9 cm³/mol. The van der Waals surface area contributed by atoms with Crippen molar-refractivity contribution in [3.63, 3.8) is 0 Å². The highest BCUT2D eigenvalue weighted by Crippen LogP contribution is 1.95. The van der Waals surface area contributed by atoms with Gasteiger partial charge in [0.25, 0.3) is 0 Å². The Morgan fingerprint density at radius 2 is 1.86 bits per heavy atom. The predicted octanol–water partition coefficient (Wildman–Crippen LogP) is -0.845. The molecule has 0 radical (unpaired) electrons. The van der Waals surface area contributed by atoms with Crippen LogP contribution in [0.25, 0.3) is 0 Å². The molecule has 1 N–H and O–H groups in total. The minimum absolute atomic E-state index is 0.0709. The van der Waals surface area contributed by atoms with Crippen LogP contribution in [0.2, 0.25) is 0 Å². The quantitative estimate of drug-likeness (QED) is 0.720. The number of nitrogens with one attached hydrogen (secondary N) is 1. The van der Waals surface area contributed by atoms with Crippen LogP contribution in [0.5, 0.6) is 0 Å². The van der Waals surface area contributed by atoms with Gasteiger partial charge >= 0.3 is 21.2 Å². The first kappa shape index (κ1) is 9.71. The highest BCUT2D eigenvalue weighted by Gasteiger charge is 2.22. The molecule has 3 heteroatoms. The Balaban J connectivity index is 2.27. The van der Waals surface area contributed by atoms with E-state index in [0.717, 1.165) is 5.69 Å². The first-order valence-corrected chi connectivity index (χ1v) is 6.64. The summed E-state index contributed by atoms with van der Waals surface area (Å²) in [5.41, 5.74) is 2.37. The van der Waals surface area contributed by atoms with E-state index in [0.29, 0.717) is 0 Å². The smallest absolute Gasteiger partial charge is 0.278 e. The number of hydrogen-bond acceptors (Lipinski definition) is 1. The zero-order valence-electron chi connectivity index (χ0n) is 8.21. The van der Waals surface area contributed by atoms with Crippen molar-refractivity contribution in [2.45, 2.75) is 13.8 Å². The number of rotatable bonds is 2. The minimum atomic E-state index is -0.0709. The molecule has 0 spiro atoms. The average molecular weight is 299 g/mol. The largest absolute Gasteiger partial charge is 0.361 e. The monoisotopic (exact) mass is 299 g/mol. The zero-order chi connectivity index (χ0) is 9.97. The summed E-state index contributed by atoms with van der Waals surface area (Å²) in [5.74, 6) is 0. The second kappa shape index (κ2) is 4.13. The molecule has 1 aromatic heterocycles. The Hall–Kier alpha value is -0.840. The Bertz CT molecular complexity index is 401. The van der Waals surface area contributed by atoms with Crippen molar-refractivity contribution >= 4 is 0 Å². The van der Waals surface area contributed by atoms with Crippen molar-refractivity contribution in [3.05, 3.63) is 48.9 Å². The standard InChI is InChI=1S/C11H12IN2/c1-8-11(9(2)14-13-8)12-10-6-4-3-5-7-10/h3-7H,1-2H3,(H,13,14)/q+1. The van der Waals surface area contributed by atoms with E-state index in [1.807, 2.05) is 0 Å². The molecule has 0 fully saturated rings. The lowest BCUT2D eigenvalue weighted by Crippen LogP contribution is -3.62. The van der Waals surface area contributed by atoms with Gasteiger partial charge in [-0.1, -0.05) is 18.2 Å². The fraction of sp³-hybridized carbons (Fsp3) is 0.182. The zero-order valence-corrected chi connectivity index (χ0v) is 10.4. The van der Waals surface area contributed by atoms with Gasteiger partial charge in [0, 0.05) is 0 Å². The number of H-pyrrole nitrogens is 1. The summed E-state index contributed by atoms with van der Waals surface area (Å²) < 4.78 is 2.87. The molecule has 0 aliphatic rings. The maximum absolute atomic E-state index is 4.21. The first-order valence-electron chi connectivity index (χ1n) is 4.49. The number of aromatic nitrogens is 2. The molecule has 0 saturated heterocycles. The van der Waals surface area contributed by atoms with Gasteiger partial charge in [-0.3, -0.25) is 5.10 Å². The van der Waals surface area contributed by atoms with Gasteiger partial charge in [-0.15, -0.1) is 0 Å². The number of nitrogens with zero attached hydrogens (tertiary/aromatic N) is 1. The number of benzene rings is 1. The molecule has 2 nitrogen and oxygen atoms in total. The Morgan fingerprint density at radius 3 is 2.43 bits per heavy atom. The summed E-state index contributed by atoms with van der Waals surface area (Å²) in [4.78, 5) is 0. The fourth-order valence-electron chi connectivity index (χ4n) is 1.26. The Kier molecular flexibility index (Phi) is 2.86. The minimum Gasteiger partial charge on any atom is -0.278 e. The summed E-state index contributed by atoms with van der Waals surface area (Å²) in [6, 6.07) is 10.6. The number of hydrogen-bond donors (Lipinski definition) is 1. The third kappa shape index (κ3) is 1.97. The van der Waals surface area contributed by atoms with E-state index in [4.69, 9.17) is 0 Å². The van der Waals surface area contributed by atoms with Crippen LogP contribution in [0.15, 0.2) is 30.3 Å². The van der Waals surface area contributed by atoms with Crippen molar-refractivity contribution < 1.29 is 21.2 Å². The summed E-state index contributed by atoms with van der Waals surface area (Å²) in [5, 5.41) is 7.25. The molecule has 2 rings (SSSR count). The molecule has 1 aromatic carbocycles. The van der Waals surface area contributed by atoms with Crippen LogP contribution < -0.4 is 21.2 Å². The third-order valence-electron chi connectivity index (χ3n) is 1.97. The normalized spacial score (nSPS) is 10.4. The van der Waals surface area contributed by atoms with E-state index in [1.165, 1.54) is 12.8 Å². The van der Waals surface area contributed by atoms with Crippen LogP contribution in [0, 0.1) is 21.0 Å². The van der Waals surface area contributed by atoms with Gasteiger partial charge in [-0.25, -0.2) is 0 Å². The SMILES string of the molecule is Cc1n[nH]c(C)c1[I+]c1ccccc1. The topological polar surface area (TPSA) is 28.7 Å². The molecular formula is C11H12IN2+. The van der Waals surface area contributed by atoms with Crippen molar-refractivity contribution in [3.8, 4) is 0 Å². The van der Waals surface area contributed by atoms with Crippen LogP contribution in [0.3, 0.4) is 0 Å². The lowest BCUT2D eigenvalue weighted by atomic mass is 10.4. The molecule has 0 atom stereocenters. The lowest BCUT2D eigenvalue weighted by Gasteiger charge is -1.84. The fourth-order valence-corrected chi connectivity index (χ4v) is 3.70. The van der Waals surface area contributed by atoms with Crippen LogP contribution in [0.1, 0.15) is 11.4 Å². The van der Waals surface area contributed by atoms with E-state index in [2.05, 4.69) is 54.4 Å². The summed E-state index contributed by atoms with van der Waals surface area (Å²) >= 11 is -0.0709. The third-order valence-corrected chi connectivity index (χ3v) is 5.45. The van der Waals surface area contributed by atoms with Crippen LogP contribution in [-0.4, -0.2) is 10.2 Å². The highest BCUT2D eigenvalue weighted by molar-refractivity contribution is 5.05. The van der Waals surface area contributed by atoms with Gasteiger partial charge < -0.3 is 0 Å². The summed E-state index contributed by atoms with van der Waals surface area (Å²) in [6.07, 6.45) is 0. The van der Waals surface area contributed by atoms with E-state index in [1.54, 1.807) is 0 Å². The molecule has 0 aliphatic heterocycles. The van der Waals surface area contributed by atoms with Crippen LogP contribution >= 0.6 is 0 Å². The summed E-state index contributed by atoms with van der Waals surface area (Å²) in [7, 11) is 0. The number of aryl methyl sites for hydroxylation is 2. The highest BCUT2D eigenvalue weighted by atomic mass is 127. The number of halogens is 1. The van der Waals surface area contributed by atoms with Crippen molar-refractivity contribution in [1.82, 2.24) is 10.2 Å². The molecule has 0 saturated carbocycles. The number of aromatic amines is 1. The molecule has 14 heavy (non-hydrogen) atoms. The van der Waals surface area contributed by atoms with Gasteiger partial charge in [0.05, 0.1) is 5.69 Å². The van der Waals surface area contributed by atoms with Gasteiger partial charge in [-0.2, -0.15) is 5.10 Å². The molecule has 2 aromatic rings. The molecule has 0 amide bonds. The van der Waals surface area contributed by atoms with E-state index < -0.39 is 0 Å². The molecule has 0 bridgehead atoms. The maximum atomic E-state index is 4.21. The van der Waals surface area contributed by atoms with Crippen LogP contribution in [-0.2, 0) is 0 Å². The van der Waals surface area contributed by atoms with E-state index in [9.17, 15) is 0 Å². The van der Waals surface area contributed by atoms with Gasteiger partial charge in [0.1, 0.15) is 5.69 Å². The maximum Gasteiger partial charge on any atom is 0.361 e.